The summed E-state index contributed by atoms with van der Waals surface area (Å²) in [7, 11) is 0. The van der Waals surface area contributed by atoms with Gasteiger partial charge in [0.2, 0.25) is 5.95 Å². The Morgan fingerprint density at radius 1 is 0.846 bits per heavy atom. The molecular weight excluding hydrogens is 328 g/mol. The number of hydrogen-bond donors (Lipinski definition) is 2. The van der Waals surface area contributed by atoms with Crippen molar-refractivity contribution in [3.63, 3.8) is 0 Å². The maximum Gasteiger partial charge on any atom is 0.258 e. The molecule has 0 saturated carbocycles. The predicted molar refractivity (Wildman–Crippen MR) is 98.2 cm³/mol. The van der Waals surface area contributed by atoms with Gasteiger partial charge in [0.05, 0.1) is 11.0 Å². The number of amides is 1. The van der Waals surface area contributed by atoms with E-state index in [-0.39, 0.29) is 11.7 Å². The van der Waals surface area contributed by atoms with Gasteiger partial charge in [-0.05, 0) is 30.3 Å². The molecule has 0 unspecified atom stereocenters. The van der Waals surface area contributed by atoms with Gasteiger partial charge in [-0.15, -0.1) is 0 Å². The summed E-state index contributed by atoms with van der Waals surface area (Å²) in [6.45, 7) is 0. The summed E-state index contributed by atoms with van der Waals surface area (Å²) in [4.78, 5) is 36.0. The van der Waals surface area contributed by atoms with Crippen molar-refractivity contribution in [3.8, 4) is 0 Å². The van der Waals surface area contributed by atoms with Crippen molar-refractivity contribution in [1.82, 2.24) is 15.0 Å². The summed E-state index contributed by atoms with van der Waals surface area (Å²) in [6, 6.07) is 17.5. The molecule has 0 spiro atoms. The van der Waals surface area contributed by atoms with Gasteiger partial charge in [0.25, 0.3) is 5.91 Å². The van der Waals surface area contributed by atoms with Crippen LogP contribution in [-0.2, 0) is 0 Å². The van der Waals surface area contributed by atoms with E-state index in [0.717, 1.165) is 0 Å². The molecule has 0 saturated heterocycles. The average molecular weight is 342 g/mol. The van der Waals surface area contributed by atoms with Crippen LogP contribution in [0.15, 0.2) is 73.1 Å². The molecule has 6 nitrogen and oxygen atoms in total. The zero-order valence-corrected chi connectivity index (χ0v) is 13.6. The number of imidazole rings is 1. The third-order valence-corrected chi connectivity index (χ3v) is 3.95. The van der Waals surface area contributed by atoms with Gasteiger partial charge in [-0.3, -0.25) is 19.9 Å². The Kier molecular flexibility index (Phi) is 3.99. The first-order valence-electron chi connectivity index (χ1n) is 8.01. The first-order chi connectivity index (χ1) is 12.7. The lowest BCUT2D eigenvalue weighted by molar-refractivity contribution is 0.102. The second-order valence-electron chi connectivity index (χ2n) is 5.70. The van der Waals surface area contributed by atoms with Gasteiger partial charge < -0.3 is 4.98 Å². The Balaban J connectivity index is 1.60. The summed E-state index contributed by atoms with van der Waals surface area (Å²) < 4.78 is 0. The smallest absolute Gasteiger partial charge is 0.258 e. The van der Waals surface area contributed by atoms with E-state index in [2.05, 4.69) is 20.3 Å². The van der Waals surface area contributed by atoms with E-state index in [1.165, 1.54) is 0 Å². The van der Waals surface area contributed by atoms with E-state index in [9.17, 15) is 9.59 Å². The SMILES string of the molecule is O=C(Nc1nc2ccc(C(=O)c3ccccc3)cc2[nH]1)c1ccncc1. The lowest BCUT2D eigenvalue weighted by Gasteiger charge is -2.01. The molecule has 0 bridgehead atoms. The monoisotopic (exact) mass is 342 g/mol. The van der Waals surface area contributed by atoms with Crippen LogP contribution in [0.4, 0.5) is 5.95 Å². The van der Waals surface area contributed by atoms with Crippen molar-refractivity contribution in [2.45, 2.75) is 0 Å². The number of benzene rings is 2. The molecule has 4 rings (SSSR count). The molecule has 0 fully saturated rings. The van der Waals surface area contributed by atoms with Crippen molar-refractivity contribution < 1.29 is 9.59 Å². The van der Waals surface area contributed by atoms with E-state index in [0.29, 0.717) is 33.7 Å². The molecule has 2 heterocycles. The standard InChI is InChI=1S/C20H14N4O2/c25-18(13-4-2-1-3-5-13)15-6-7-16-17(12-15)23-20(22-16)24-19(26)14-8-10-21-11-9-14/h1-12H,(H2,22,23,24,26). The lowest BCUT2D eigenvalue weighted by atomic mass is 10.0. The lowest BCUT2D eigenvalue weighted by Crippen LogP contribution is -2.12. The number of nitrogens with zero attached hydrogens (tertiary/aromatic N) is 2. The Hall–Kier alpha value is -3.80. The molecule has 6 heteroatoms. The molecule has 0 radical (unpaired) electrons. The zero-order chi connectivity index (χ0) is 17.9. The first-order valence-corrected chi connectivity index (χ1v) is 8.01. The number of ketones is 1. The number of H-pyrrole nitrogens is 1. The number of aromatic amines is 1. The second-order valence-corrected chi connectivity index (χ2v) is 5.70. The van der Waals surface area contributed by atoms with Crippen molar-refractivity contribution >= 4 is 28.7 Å². The summed E-state index contributed by atoms with van der Waals surface area (Å²) in [5.41, 5.74) is 3.01. The fourth-order valence-corrected chi connectivity index (χ4v) is 2.65. The molecule has 2 N–H and O–H groups in total. The van der Waals surface area contributed by atoms with Crippen LogP contribution in [0, 0.1) is 0 Å². The molecule has 126 valence electrons. The third-order valence-electron chi connectivity index (χ3n) is 3.95. The minimum absolute atomic E-state index is 0.0653. The zero-order valence-electron chi connectivity index (χ0n) is 13.6. The van der Waals surface area contributed by atoms with Crippen molar-refractivity contribution in [2.24, 2.45) is 0 Å². The molecule has 2 aromatic heterocycles. The predicted octanol–water partition coefficient (Wildman–Crippen LogP) is 3.44. The van der Waals surface area contributed by atoms with Gasteiger partial charge in [0, 0.05) is 29.1 Å². The number of carbonyl (C=O) groups is 2. The minimum Gasteiger partial charge on any atom is -0.324 e. The van der Waals surface area contributed by atoms with E-state index < -0.39 is 0 Å². The fraction of sp³-hybridized carbons (Fsp3) is 0. The summed E-state index contributed by atoms with van der Waals surface area (Å²) in [5.74, 6) is -0.0253. The van der Waals surface area contributed by atoms with Crippen molar-refractivity contribution in [1.29, 1.82) is 0 Å². The Morgan fingerprint density at radius 3 is 2.38 bits per heavy atom. The van der Waals surface area contributed by atoms with Crippen molar-refractivity contribution in [2.75, 3.05) is 5.32 Å². The van der Waals surface area contributed by atoms with E-state index in [4.69, 9.17) is 0 Å². The van der Waals surface area contributed by atoms with Gasteiger partial charge in [-0.2, -0.15) is 0 Å². The van der Waals surface area contributed by atoms with E-state index >= 15 is 0 Å². The molecule has 4 aromatic rings. The maximum absolute atomic E-state index is 12.5. The number of pyridine rings is 1. The normalized spacial score (nSPS) is 10.6. The number of carbonyl (C=O) groups excluding carboxylic acids is 2. The van der Waals surface area contributed by atoms with Crippen LogP contribution in [0.2, 0.25) is 0 Å². The quantitative estimate of drug-likeness (QED) is 0.556. The third kappa shape index (κ3) is 3.08. The number of nitrogens with one attached hydrogen (secondary N) is 2. The minimum atomic E-state index is -0.285. The van der Waals surface area contributed by atoms with Gasteiger partial charge in [0.15, 0.2) is 5.78 Å². The van der Waals surface area contributed by atoms with Crippen molar-refractivity contribution in [3.05, 3.63) is 89.7 Å². The topological polar surface area (TPSA) is 87.7 Å². The summed E-state index contributed by atoms with van der Waals surface area (Å²) in [6.07, 6.45) is 3.10. The maximum atomic E-state index is 12.5. The molecule has 0 aliphatic rings. The molecule has 26 heavy (non-hydrogen) atoms. The highest BCUT2D eigenvalue weighted by molar-refractivity contribution is 6.10. The summed E-state index contributed by atoms with van der Waals surface area (Å²) >= 11 is 0. The van der Waals surface area contributed by atoms with E-state index in [1.54, 1.807) is 54.9 Å². The molecule has 0 atom stereocenters. The van der Waals surface area contributed by atoms with Gasteiger partial charge in [-0.1, -0.05) is 30.3 Å². The van der Waals surface area contributed by atoms with Crippen LogP contribution in [0.1, 0.15) is 26.3 Å². The largest absolute Gasteiger partial charge is 0.324 e. The second kappa shape index (κ2) is 6.60. The number of hydrogen-bond acceptors (Lipinski definition) is 4. The number of anilines is 1. The Labute approximate surface area is 148 Å². The van der Waals surface area contributed by atoms with Crippen LogP contribution >= 0.6 is 0 Å². The number of rotatable bonds is 4. The van der Waals surface area contributed by atoms with Crippen LogP contribution < -0.4 is 5.32 Å². The molecular formula is C20H14N4O2. The first kappa shape index (κ1) is 15.7. The highest BCUT2D eigenvalue weighted by atomic mass is 16.1. The highest BCUT2D eigenvalue weighted by Gasteiger charge is 2.12. The Bertz CT molecular complexity index is 1090. The molecule has 2 aromatic carbocycles. The van der Waals surface area contributed by atoms with Crippen LogP contribution in [-0.4, -0.2) is 26.6 Å². The van der Waals surface area contributed by atoms with Gasteiger partial charge >= 0.3 is 0 Å². The van der Waals surface area contributed by atoms with Gasteiger partial charge in [-0.25, -0.2) is 4.98 Å². The molecule has 0 aliphatic heterocycles. The van der Waals surface area contributed by atoms with Crippen LogP contribution in [0.5, 0.6) is 0 Å². The van der Waals surface area contributed by atoms with Crippen LogP contribution in [0.3, 0.4) is 0 Å². The number of aromatic nitrogens is 3. The molecule has 1 amide bonds. The average Bonchev–Trinajstić information content (AvgIpc) is 3.10. The fourth-order valence-electron chi connectivity index (χ4n) is 2.65. The highest BCUT2D eigenvalue weighted by Crippen LogP contribution is 2.19. The van der Waals surface area contributed by atoms with Crippen LogP contribution in [0.25, 0.3) is 11.0 Å². The number of fused-ring (bicyclic) bond motifs is 1. The molecule has 0 aliphatic carbocycles. The Morgan fingerprint density at radius 2 is 1.62 bits per heavy atom. The summed E-state index contributed by atoms with van der Waals surface area (Å²) in [5, 5.41) is 2.71. The van der Waals surface area contributed by atoms with Gasteiger partial charge in [0.1, 0.15) is 0 Å². The van der Waals surface area contributed by atoms with E-state index in [1.807, 2.05) is 18.2 Å².